The molecule has 3 rings (SSSR count). The summed E-state index contributed by atoms with van der Waals surface area (Å²) < 4.78 is 0. The maximum atomic E-state index is 12.4. The Morgan fingerprint density at radius 1 is 1.05 bits per heavy atom. The van der Waals surface area contributed by atoms with Crippen LogP contribution in [0.3, 0.4) is 0 Å². The van der Waals surface area contributed by atoms with E-state index in [9.17, 15) is 9.59 Å². The van der Waals surface area contributed by atoms with Crippen LogP contribution in [0.25, 0.3) is 0 Å². The Balaban J connectivity index is 1.74. The molecule has 21 heavy (non-hydrogen) atoms. The molecule has 2 fully saturated rings. The molecule has 1 aromatic rings. The van der Waals surface area contributed by atoms with Crippen LogP contribution < -0.4 is 0 Å². The molecule has 0 aliphatic heterocycles. The number of pyridine rings is 1. The van der Waals surface area contributed by atoms with E-state index >= 15 is 0 Å². The number of aromatic nitrogens is 1. The van der Waals surface area contributed by atoms with Gasteiger partial charge in [0.25, 0.3) is 0 Å². The lowest BCUT2D eigenvalue weighted by molar-refractivity contribution is -0.125. The van der Waals surface area contributed by atoms with Crippen molar-refractivity contribution in [2.45, 2.75) is 58.3 Å². The van der Waals surface area contributed by atoms with Crippen LogP contribution in [-0.2, 0) is 9.59 Å². The first-order chi connectivity index (χ1) is 9.93. The summed E-state index contributed by atoms with van der Waals surface area (Å²) in [6, 6.07) is 5.74. The van der Waals surface area contributed by atoms with Crippen molar-refractivity contribution in [2.24, 2.45) is 10.8 Å². The average Bonchev–Trinajstić information content (AvgIpc) is 3.39. The number of ketones is 2. The molecule has 2 aliphatic rings. The van der Waals surface area contributed by atoms with Gasteiger partial charge in [-0.3, -0.25) is 14.6 Å². The molecule has 2 aliphatic carbocycles. The standard InChI is InChI=1S/C18H23NO2/c1-17(6-7-17)15(20)11-13(14-5-3-4-10-19-14)12-16(21)18(2)8-9-18/h3-5,10,13H,6-9,11-12H2,1-2H3. The highest BCUT2D eigenvalue weighted by atomic mass is 16.1. The highest BCUT2D eigenvalue weighted by molar-refractivity contribution is 5.90. The number of carbonyl (C=O) groups is 2. The largest absolute Gasteiger partial charge is 0.299 e. The molecule has 0 N–H and O–H groups in total. The molecule has 0 aromatic carbocycles. The Morgan fingerprint density at radius 3 is 1.95 bits per heavy atom. The minimum Gasteiger partial charge on any atom is -0.299 e. The summed E-state index contributed by atoms with van der Waals surface area (Å²) in [5.74, 6) is 0.542. The first-order valence-electron chi connectivity index (χ1n) is 7.91. The van der Waals surface area contributed by atoms with E-state index in [1.165, 1.54) is 0 Å². The van der Waals surface area contributed by atoms with Crippen LogP contribution in [0.2, 0.25) is 0 Å². The van der Waals surface area contributed by atoms with Crippen molar-refractivity contribution in [3.05, 3.63) is 30.1 Å². The van der Waals surface area contributed by atoms with Gasteiger partial charge in [0.2, 0.25) is 0 Å². The van der Waals surface area contributed by atoms with Gasteiger partial charge in [0.05, 0.1) is 0 Å². The summed E-state index contributed by atoms with van der Waals surface area (Å²) in [5.41, 5.74) is 0.631. The van der Waals surface area contributed by atoms with Crippen LogP contribution >= 0.6 is 0 Å². The Morgan fingerprint density at radius 2 is 1.57 bits per heavy atom. The topological polar surface area (TPSA) is 47.0 Å². The molecule has 0 spiro atoms. The lowest BCUT2D eigenvalue weighted by atomic mass is 9.85. The lowest BCUT2D eigenvalue weighted by Gasteiger charge is -2.19. The van der Waals surface area contributed by atoms with E-state index in [0.29, 0.717) is 24.4 Å². The van der Waals surface area contributed by atoms with Gasteiger partial charge >= 0.3 is 0 Å². The highest BCUT2D eigenvalue weighted by Crippen LogP contribution is 2.50. The van der Waals surface area contributed by atoms with E-state index < -0.39 is 0 Å². The molecule has 0 bridgehead atoms. The molecular formula is C18H23NO2. The van der Waals surface area contributed by atoms with Crippen molar-refractivity contribution < 1.29 is 9.59 Å². The van der Waals surface area contributed by atoms with Gasteiger partial charge in [0.1, 0.15) is 11.6 Å². The van der Waals surface area contributed by atoms with Crippen molar-refractivity contribution in [3.63, 3.8) is 0 Å². The van der Waals surface area contributed by atoms with E-state index in [0.717, 1.165) is 31.4 Å². The van der Waals surface area contributed by atoms with Crippen molar-refractivity contribution in [1.82, 2.24) is 4.98 Å². The van der Waals surface area contributed by atoms with Gasteiger partial charge in [-0.05, 0) is 37.8 Å². The van der Waals surface area contributed by atoms with Gasteiger partial charge in [-0.15, -0.1) is 0 Å². The van der Waals surface area contributed by atoms with E-state index in [-0.39, 0.29) is 16.7 Å². The molecule has 2 saturated carbocycles. The minimum atomic E-state index is -0.125. The van der Waals surface area contributed by atoms with Crippen LogP contribution in [0.5, 0.6) is 0 Å². The molecule has 0 saturated heterocycles. The Bertz CT molecular complexity index is 524. The number of hydrogen-bond donors (Lipinski definition) is 0. The monoisotopic (exact) mass is 285 g/mol. The fourth-order valence-corrected chi connectivity index (χ4v) is 2.77. The summed E-state index contributed by atoms with van der Waals surface area (Å²) in [6.07, 6.45) is 6.62. The van der Waals surface area contributed by atoms with Gasteiger partial charge in [-0.2, -0.15) is 0 Å². The normalized spacial score (nSPS) is 21.1. The summed E-state index contributed by atoms with van der Waals surface area (Å²) in [6.45, 7) is 4.07. The summed E-state index contributed by atoms with van der Waals surface area (Å²) >= 11 is 0. The van der Waals surface area contributed by atoms with E-state index in [1.54, 1.807) is 6.20 Å². The molecule has 0 amide bonds. The van der Waals surface area contributed by atoms with Crippen LogP contribution in [0.1, 0.15) is 64.0 Å². The van der Waals surface area contributed by atoms with E-state index in [2.05, 4.69) is 4.98 Å². The molecule has 0 radical (unpaired) electrons. The van der Waals surface area contributed by atoms with Gasteiger partial charge < -0.3 is 0 Å². The number of rotatable bonds is 7. The van der Waals surface area contributed by atoms with E-state index in [1.807, 2.05) is 32.0 Å². The molecule has 1 heterocycles. The van der Waals surface area contributed by atoms with Crippen molar-refractivity contribution in [3.8, 4) is 0 Å². The van der Waals surface area contributed by atoms with Gasteiger partial charge in [-0.25, -0.2) is 0 Å². The third-order valence-corrected chi connectivity index (χ3v) is 5.32. The first kappa shape index (κ1) is 14.4. The zero-order valence-corrected chi connectivity index (χ0v) is 12.9. The Kier molecular flexibility index (Phi) is 3.46. The van der Waals surface area contributed by atoms with Crippen molar-refractivity contribution >= 4 is 11.6 Å². The quantitative estimate of drug-likeness (QED) is 0.767. The summed E-state index contributed by atoms with van der Waals surface area (Å²) in [4.78, 5) is 29.2. The maximum absolute atomic E-state index is 12.4. The average molecular weight is 285 g/mol. The second-order valence-electron chi connectivity index (χ2n) is 7.33. The number of Topliss-reactive ketones (excluding diaryl/α,β-unsaturated/α-hetero) is 2. The van der Waals surface area contributed by atoms with Gasteiger partial charge in [0, 0.05) is 41.5 Å². The van der Waals surface area contributed by atoms with Gasteiger partial charge in [-0.1, -0.05) is 19.9 Å². The lowest BCUT2D eigenvalue weighted by Crippen LogP contribution is -2.21. The molecule has 112 valence electrons. The molecule has 3 nitrogen and oxygen atoms in total. The fraction of sp³-hybridized carbons (Fsp3) is 0.611. The molecule has 1 aromatic heterocycles. The number of carbonyl (C=O) groups excluding carboxylic acids is 2. The van der Waals surface area contributed by atoms with E-state index in [4.69, 9.17) is 0 Å². The Hall–Kier alpha value is -1.51. The van der Waals surface area contributed by atoms with Gasteiger partial charge in [0.15, 0.2) is 0 Å². The summed E-state index contributed by atoms with van der Waals surface area (Å²) in [5, 5.41) is 0. The number of nitrogens with zero attached hydrogens (tertiary/aromatic N) is 1. The molecule has 0 atom stereocenters. The fourth-order valence-electron chi connectivity index (χ4n) is 2.77. The summed E-state index contributed by atoms with van der Waals surface area (Å²) in [7, 11) is 0. The molecule has 3 heteroatoms. The second-order valence-corrected chi connectivity index (χ2v) is 7.33. The van der Waals surface area contributed by atoms with Crippen molar-refractivity contribution in [2.75, 3.05) is 0 Å². The predicted octanol–water partition coefficient (Wildman–Crippen LogP) is 3.68. The van der Waals surface area contributed by atoms with Crippen LogP contribution in [-0.4, -0.2) is 16.6 Å². The second kappa shape index (κ2) is 5.04. The predicted molar refractivity (Wildman–Crippen MR) is 80.9 cm³/mol. The molecule has 0 unspecified atom stereocenters. The maximum Gasteiger partial charge on any atom is 0.139 e. The number of hydrogen-bond acceptors (Lipinski definition) is 3. The smallest absolute Gasteiger partial charge is 0.139 e. The van der Waals surface area contributed by atoms with Crippen LogP contribution in [0.15, 0.2) is 24.4 Å². The Labute approximate surface area is 126 Å². The SMILES string of the molecule is CC1(C(=O)CC(CC(=O)C2(C)CC2)c2ccccn2)CC1. The minimum absolute atomic E-state index is 0.0546. The van der Waals surface area contributed by atoms with Crippen molar-refractivity contribution in [1.29, 1.82) is 0 Å². The third-order valence-electron chi connectivity index (χ3n) is 5.32. The zero-order valence-electron chi connectivity index (χ0n) is 12.9. The highest BCUT2D eigenvalue weighted by Gasteiger charge is 2.47. The molecular weight excluding hydrogens is 262 g/mol. The first-order valence-corrected chi connectivity index (χ1v) is 7.91. The zero-order chi connectivity index (χ0) is 15.1. The van der Waals surface area contributed by atoms with Crippen LogP contribution in [0, 0.1) is 10.8 Å². The van der Waals surface area contributed by atoms with Crippen LogP contribution in [0.4, 0.5) is 0 Å². The third kappa shape index (κ3) is 3.07.